The van der Waals surface area contributed by atoms with Gasteiger partial charge in [-0.2, -0.15) is 0 Å². The molecule has 39 heavy (non-hydrogen) atoms. The van der Waals surface area contributed by atoms with Crippen molar-refractivity contribution < 1.29 is 23.9 Å². The summed E-state index contributed by atoms with van der Waals surface area (Å²) in [5.41, 5.74) is 5.91. The Morgan fingerprint density at radius 2 is 1.87 bits per heavy atom. The zero-order valence-electron chi connectivity index (χ0n) is 22.7. The number of hydroxylamine groups is 1. The van der Waals surface area contributed by atoms with Crippen molar-refractivity contribution in [3.63, 3.8) is 0 Å². The van der Waals surface area contributed by atoms with Gasteiger partial charge in [-0.25, -0.2) is 15.1 Å². The number of fused-ring (bicyclic) bond motifs is 1. The van der Waals surface area contributed by atoms with Crippen LogP contribution in [0.1, 0.15) is 74.8 Å². The number of nitrogens with zero attached hydrogens (tertiary/aromatic N) is 1. The molecule has 0 radical (unpaired) electrons. The maximum absolute atomic E-state index is 13.3. The number of aryl methyl sites for hydroxylation is 1. The third-order valence-electron chi connectivity index (χ3n) is 6.64. The van der Waals surface area contributed by atoms with E-state index < -0.39 is 11.9 Å². The van der Waals surface area contributed by atoms with Crippen molar-refractivity contribution in [2.45, 2.75) is 77.2 Å². The van der Waals surface area contributed by atoms with E-state index in [4.69, 9.17) is 37.5 Å². The molecular weight excluding hydrogens is 539 g/mol. The van der Waals surface area contributed by atoms with Crippen LogP contribution in [0.2, 0.25) is 10.0 Å². The highest BCUT2D eigenvalue weighted by Crippen LogP contribution is 2.37. The molecule has 9 heteroatoms. The molecule has 2 aliphatic rings. The Morgan fingerprint density at radius 1 is 1.10 bits per heavy atom. The summed E-state index contributed by atoms with van der Waals surface area (Å²) in [6.07, 6.45) is 7.45. The van der Waals surface area contributed by atoms with Crippen LogP contribution in [0.15, 0.2) is 42.5 Å². The van der Waals surface area contributed by atoms with Crippen molar-refractivity contribution in [1.29, 1.82) is 0 Å². The quantitative estimate of drug-likeness (QED) is 0.270. The van der Waals surface area contributed by atoms with Crippen LogP contribution in [-0.2, 0) is 31.9 Å². The maximum atomic E-state index is 13.3. The fourth-order valence-electron chi connectivity index (χ4n) is 4.88. The van der Waals surface area contributed by atoms with Crippen molar-refractivity contribution in [1.82, 2.24) is 10.4 Å². The van der Waals surface area contributed by atoms with E-state index in [1.54, 1.807) is 17.0 Å². The molecule has 2 aromatic carbocycles. The van der Waals surface area contributed by atoms with Crippen LogP contribution < -0.4 is 5.48 Å². The van der Waals surface area contributed by atoms with Crippen LogP contribution in [0.4, 0.5) is 4.79 Å². The second-order valence-corrected chi connectivity index (χ2v) is 11.8. The number of carbonyl (C=O) groups excluding carboxylic acids is 2. The van der Waals surface area contributed by atoms with Gasteiger partial charge in [0.1, 0.15) is 5.60 Å². The van der Waals surface area contributed by atoms with Crippen molar-refractivity contribution in [2.24, 2.45) is 0 Å². The number of benzene rings is 2. The Kier molecular flexibility index (Phi) is 9.94. The van der Waals surface area contributed by atoms with Crippen LogP contribution in [0.25, 0.3) is 6.08 Å². The monoisotopic (exact) mass is 574 g/mol. The number of rotatable bonds is 8. The van der Waals surface area contributed by atoms with Gasteiger partial charge in [0.15, 0.2) is 6.29 Å². The first-order valence-corrected chi connectivity index (χ1v) is 14.2. The first kappa shape index (κ1) is 29.4. The van der Waals surface area contributed by atoms with Gasteiger partial charge in [-0.3, -0.25) is 4.79 Å². The van der Waals surface area contributed by atoms with Gasteiger partial charge in [-0.15, -0.1) is 0 Å². The van der Waals surface area contributed by atoms with Gasteiger partial charge >= 0.3 is 6.09 Å². The minimum Gasteiger partial charge on any atom is -0.444 e. The summed E-state index contributed by atoms with van der Waals surface area (Å²) >= 11 is 12.4. The number of hydrogen-bond donors (Lipinski definition) is 1. The summed E-state index contributed by atoms with van der Waals surface area (Å²) in [5.74, 6) is -0.347. The molecule has 2 unspecified atom stereocenters. The Bertz CT molecular complexity index is 1180. The summed E-state index contributed by atoms with van der Waals surface area (Å²) in [6.45, 7) is 6.70. The van der Waals surface area contributed by atoms with E-state index in [2.05, 4.69) is 11.5 Å². The number of ether oxygens (including phenoxy) is 2. The maximum Gasteiger partial charge on any atom is 0.410 e. The van der Waals surface area contributed by atoms with Crippen LogP contribution in [0, 0.1) is 0 Å². The van der Waals surface area contributed by atoms with E-state index in [-0.39, 0.29) is 18.0 Å². The summed E-state index contributed by atoms with van der Waals surface area (Å²) < 4.78 is 11.2. The summed E-state index contributed by atoms with van der Waals surface area (Å²) in [4.78, 5) is 32.6. The highest BCUT2D eigenvalue weighted by molar-refractivity contribution is 6.34. The Morgan fingerprint density at radius 3 is 2.56 bits per heavy atom. The third-order valence-corrected chi connectivity index (χ3v) is 7.07. The normalized spacial score (nSPS) is 19.1. The number of nitrogens with one attached hydrogen (secondary N) is 1. The molecule has 4 rings (SSSR count). The van der Waals surface area contributed by atoms with Crippen molar-refractivity contribution in [3.05, 3.63) is 74.8 Å². The lowest BCUT2D eigenvalue weighted by atomic mass is 10.0. The SMILES string of the molecule is CC(C)(C)OC(=O)N(CCc1cc(Cl)cc(Cl)c1)C1CCc2cc(/C=C/C(=O)NOC3CCCCO3)ccc21. The summed E-state index contributed by atoms with van der Waals surface area (Å²) in [5, 5.41) is 1.13. The van der Waals surface area contributed by atoms with Gasteiger partial charge in [-0.1, -0.05) is 41.4 Å². The molecule has 1 fully saturated rings. The molecule has 1 N–H and O–H groups in total. The molecule has 0 bridgehead atoms. The van der Waals surface area contributed by atoms with Crippen LogP contribution >= 0.6 is 23.2 Å². The lowest BCUT2D eigenvalue weighted by Gasteiger charge is -2.32. The molecule has 2 aromatic rings. The van der Waals surface area contributed by atoms with E-state index >= 15 is 0 Å². The number of carbonyl (C=O) groups is 2. The zero-order chi connectivity index (χ0) is 28.0. The van der Waals surface area contributed by atoms with Gasteiger partial charge in [0.25, 0.3) is 5.91 Å². The van der Waals surface area contributed by atoms with E-state index in [9.17, 15) is 9.59 Å². The number of hydrogen-bond acceptors (Lipinski definition) is 5. The second-order valence-electron chi connectivity index (χ2n) is 10.9. The van der Waals surface area contributed by atoms with Crippen LogP contribution in [-0.4, -0.2) is 41.9 Å². The number of amides is 2. The Labute approximate surface area is 240 Å². The van der Waals surface area contributed by atoms with E-state index in [1.165, 1.54) is 6.08 Å². The fraction of sp³-hybridized carbons (Fsp3) is 0.467. The first-order valence-electron chi connectivity index (χ1n) is 13.4. The van der Waals surface area contributed by atoms with E-state index in [1.807, 2.05) is 45.0 Å². The highest BCUT2D eigenvalue weighted by Gasteiger charge is 2.33. The zero-order valence-corrected chi connectivity index (χ0v) is 24.2. The Balaban J connectivity index is 1.44. The van der Waals surface area contributed by atoms with Gasteiger partial charge < -0.3 is 14.4 Å². The molecule has 1 aliphatic carbocycles. The van der Waals surface area contributed by atoms with Gasteiger partial charge in [0, 0.05) is 35.7 Å². The van der Waals surface area contributed by atoms with Crippen LogP contribution in [0.3, 0.4) is 0 Å². The van der Waals surface area contributed by atoms with Gasteiger partial charge in [0.05, 0.1) is 6.04 Å². The van der Waals surface area contributed by atoms with Crippen molar-refractivity contribution in [3.8, 4) is 0 Å². The highest BCUT2D eigenvalue weighted by atomic mass is 35.5. The molecule has 0 saturated carbocycles. The second kappa shape index (κ2) is 13.2. The molecule has 7 nitrogen and oxygen atoms in total. The number of halogens is 2. The predicted molar refractivity (Wildman–Crippen MR) is 152 cm³/mol. The summed E-state index contributed by atoms with van der Waals surface area (Å²) in [6, 6.07) is 11.4. The average molecular weight is 576 g/mol. The smallest absolute Gasteiger partial charge is 0.410 e. The topological polar surface area (TPSA) is 77.1 Å². The van der Waals surface area contributed by atoms with Gasteiger partial charge in [-0.05, 0) is 99.4 Å². The molecule has 2 atom stereocenters. The van der Waals surface area contributed by atoms with Crippen molar-refractivity contribution in [2.75, 3.05) is 13.2 Å². The minimum absolute atomic E-state index is 0.116. The Hall–Kier alpha value is -2.58. The first-order chi connectivity index (χ1) is 18.6. The lowest BCUT2D eigenvalue weighted by molar-refractivity contribution is -0.198. The molecule has 1 saturated heterocycles. The van der Waals surface area contributed by atoms with Gasteiger partial charge in [0.2, 0.25) is 0 Å². The fourth-order valence-corrected chi connectivity index (χ4v) is 5.45. The van der Waals surface area contributed by atoms with Crippen LogP contribution in [0.5, 0.6) is 0 Å². The predicted octanol–water partition coefficient (Wildman–Crippen LogP) is 7.05. The standard InChI is InChI=1S/C30H36Cl2N2O5/c1-30(2,3)38-29(36)34(14-13-21-17-23(31)19-24(32)18-21)26-11-9-22-16-20(7-10-25(22)26)8-12-27(35)33-39-28-6-4-5-15-37-28/h7-8,10,12,16-19,26,28H,4-6,9,11,13-15H2,1-3H3,(H,33,35)/b12-8+. The molecule has 1 heterocycles. The molecule has 1 aliphatic heterocycles. The molecular formula is C30H36Cl2N2O5. The average Bonchev–Trinajstić information content (AvgIpc) is 3.28. The molecule has 0 spiro atoms. The molecule has 210 valence electrons. The third kappa shape index (κ3) is 8.70. The van der Waals surface area contributed by atoms with Crippen molar-refractivity contribution >= 4 is 41.3 Å². The molecule has 2 amide bonds. The van der Waals surface area contributed by atoms with E-state index in [0.29, 0.717) is 29.6 Å². The molecule has 0 aromatic heterocycles. The summed E-state index contributed by atoms with van der Waals surface area (Å²) in [7, 11) is 0. The van der Waals surface area contributed by atoms with E-state index in [0.717, 1.165) is 54.4 Å². The largest absolute Gasteiger partial charge is 0.444 e. The lowest BCUT2D eigenvalue weighted by Crippen LogP contribution is -2.40. The minimum atomic E-state index is -0.613.